The summed E-state index contributed by atoms with van der Waals surface area (Å²) >= 11 is 0. The molecule has 0 radical (unpaired) electrons. The third kappa shape index (κ3) is 4.29. The molecule has 2 saturated heterocycles. The number of hydrogen-bond donors (Lipinski definition) is 1. The molecule has 0 aromatic heterocycles. The summed E-state index contributed by atoms with van der Waals surface area (Å²) in [4.78, 5) is 4.21. The van der Waals surface area contributed by atoms with Crippen LogP contribution in [-0.2, 0) is 6.54 Å². The average Bonchev–Trinajstić information content (AvgIpc) is 2.93. The number of rotatable bonds is 4. The molecule has 1 aromatic carbocycles. The first-order valence-electron chi connectivity index (χ1n) is 8.60. The van der Waals surface area contributed by atoms with Crippen LogP contribution in [0.25, 0.3) is 0 Å². The number of likely N-dealkylation sites (tertiary alicyclic amines) is 2. The van der Waals surface area contributed by atoms with Crippen LogP contribution in [0.3, 0.4) is 0 Å². The van der Waals surface area contributed by atoms with Gasteiger partial charge in [-0.2, -0.15) is 13.2 Å². The number of aliphatic hydroxyl groups excluding tert-OH is 1. The largest absolute Gasteiger partial charge is 0.415 e. The van der Waals surface area contributed by atoms with Crippen molar-refractivity contribution in [3.8, 4) is 0 Å². The highest BCUT2D eigenvalue weighted by molar-refractivity contribution is 5.14. The highest BCUT2D eigenvalue weighted by Gasteiger charge is 2.44. The van der Waals surface area contributed by atoms with E-state index in [-0.39, 0.29) is 12.0 Å². The van der Waals surface area contributed by atoms with Crippen molar-refractivity contribution in [2.75, 3.05) is 32.7 Å². The van der Waals surface area contributed by atoms with E-state index in [9.17, 15) is 18.3 Å². The molecular weight excluding hydrogens is 317 g/mol. The van der Waals surface area contributed by atoms with Crippen LogP contribution in [0.2, 0.25) is 0 Å². The van der Waals surface area contributed by atoms with Crippen molar-refractivity contribution in [3.05, 3.63) is 35.9 Å². The summed E-state index contributed by atoms with van der Waals surface area (Å²) in [5, 5.41) is 9.26. The topological polar surface area (TPSA) is 26.7 Å². The Kier molecular flexibility index (Phi) is 5.18. The maximum absolute atomic E-state index is 12.5. The molecule has 0 bridgehead atoms. The van der Waals surface area contributed by atoms with Crippen LogP contribution in [-0.4, -0.2) is 59.9 Å². The Hall–Kier alpha value is -1.11. The van der Waals surface area contributed by atoms with Gasteiger partial charge in [-0.3, -0.25) is 9.80 Å². The summed E-state index contributed by atoms with van der Waals surface area (Å²) < 4.78 is 37.5. The van der Waals surface area contributed by atoms with E-state index in [1.807, 2.05) is 18.2 Å². The van der Waals surface area contributed by atoms with Gasteiger partial charge in [-0.25, -0.2) is 0 Å². The second-order valence-corrected chi connectivity index (χ2v) is 7.30. The number of β-amino-alcohol motifs (C(OH)–C–C–N with tert-alkyl or cyclic N) is 1. The van der Waals surface area contributed by atoms with E-state index in [4.69, 9.17) is 0 Å². The zero-order valence-corrected chi connectivity index (χ0v) is 13.8. The molecule has 2 fully saturated rings. The Balaban J connectivity index is 1.48. The van der Waals surface area contributed by atoms with Gasteiger partial charge in [0.05, 0.1) is 0 Å². The van der Waals surface area contributed by atoms with Crippen molar-refractivity contribution in [2.45, 2.75) is 38.1 Å². The van der Waals surface area contributed by atoms with E-state index in [2.05, 4.69) is 17.0 Å². The Labute approximate surface area is 141 Å². The van der Waals surface area contributed by atoms with Gasteiger partial charge in [0.1, 0.15) is 0 Å². The maximum Gasteiger partial charge on any atom is 0.415 e. The number of piperidine rings is 1. The molecule has 0 unspecified atom stereocenters. The lowest BCUT2D eigenvalue weighted by Crippen LogP contribution is -2.43. The van der Waals surface area contributed by atoms with Gasteiger partial charge in [-0.1, -0.05) is 30.3 Å². The van der Waals surface area contributed by atoms with E-state index in [1.54, 1.807) is 4.90 Å². The smallest absolute Gasteiger partial charge is 0.382 e. The molecule has 0 aliphatic carbocycles. The summed E-state index contributed by atoms with van der Waals surface area (Å²) in [6.07, 6.45) is -3.76. The van der Waals surface area contributed by atoms with Crippen LogP contribution in [0.4, 0.5) is 13.2 Å². The molecule has 1 spiro atoms. The van der Waals surface area contributed by atoms with Gasteiger partial charge in [-0.15, -0.1) is 0 Å². The van der Waals surface area contributed by atoms with Crippen molar-refractivity contribution < 1.29 is 18.3 Å². The predicted molar refractivity (Wildman–Crippen MR) is 86.5 cm³/mol. The lowest BCUT2D eigenvalue weighted by atomic mass is 9.77. The highest BCUT2D eigenvalue weighted by Crippen LogP contribution is 2.41. The average molecular weight is 342 g/mol. The number of nitrogens with zero attached hydrogens (tertiary/aromatic N) is 2. The molecule has 24 heavy (non-hydrogen) atoms. The molecule has 1 aromatic rings. The van der Waals surface area contributed by atoms with Gasteiger partial charge in [0.25, 0.3) is 0 Å². The Morgan fingerprint density at radius 3 is 2.17 bits per heavy atom. The van der Waals surface area contributed by atoms with E-state index in [0.29, 0.717) is 13.1 Å². The highest BCUT2D eigenvalue weighted by atomic mass is 19.4. The SMILES string of the molecule is O[C@H](CN1CCC2(CCN(Cc3ccccc3)CC2)C1)C(F)(F)F. The maximum atomic E-state index is 12.5. The monoisotopic (exact) mass is 342 g/mol. The third-order valence-corrected chi connectivity index (χ3v) is 5.49. The standard InChI is InChI=1S/C18H25F3N2O/c19-18(20,21)16(24)13-23-11-8-17(14-23)6-9-22(10-7-17)12-15-4-2-1-3-5-15/h1-5,16,24H,6-14H2/t16-/m1/s1. The minimum Gasteiger partial charge on any atom is -0.382 e. The first-order chi connectivity index (χ1) is 11.4. The summed E-state index contributed by atoms with van der Waals surface area (Å²) in [6.45, 7) is 3.96. The van der Waals surface area contributed by atoms with Crippen LogP contribution < -0.4 is 0 Å². The minimum absolute atomic E-state index is 0.137. The van der Waals surface area contributed by atoms with Crippen molar-refractivity contribution in [2.24, 2.45) is 5.41 Å². The fourth-order valence-electron chi connectivity index (χ4n) is 3.97. The number of halogens is 3. The van der Waals surface area contributed by atoms with Crippen molar-refractivity contribution in [1.82, 2.24) is 9.80 Å². The molecule has 3 nitrogen and oxygen atoms in total. The number of benzene rings is 1. The second-order valence-electron chi connectivity index (χ2n) is 7.30. The Morgan fingerprint density at radius 2 is 1.58 bits per heavy atom. The van der Waals surface area contributed by atoms with Crippen LogP contribution in [0.15, 0.2) is 30.3 Å². The minimum atomic E-state index is -4.52. The summed E-state index contributed by atoms with van der Waals surface area (Å²) in [5.74, 6) is 0. The quantitative estimate of drug-likeness (QED) is 0.911. The molecule has 3 rings (SSSR count). The van der Waals surface area contributed by atoms with Crippen molar-refractivity contribution >= 4 is 0 Å². The van der Waals surface area contributed by atoms with Crippen LogP contribution in [0, 0.1) is 5.41 Å². The van der Waals surface area contributed by atoms with Crippen LogP contribution in [0.1, 0.15) is 24.8 Å². The Morgan fingerprint density at radius 1 is 1.00 bits per heavy atom. The van der Waals surface area contributed by atoms with Gasteiger partial charge >= 0.3 is 6.18 Å². The predicted octanol–water partition coefficient (Wildman–Crippen LogP) is 2.90. The Bertz CT molecular complexity index is 527. The van der Waals surface area contributed by atoms with Gasteiger partial charge < -0.3 is 5.11 Å². The summed E-state index contributed by atoms with van der Waals surface area (Å²) in [6, 6.07) is 10.3. The first kappa shape index (κ1) is 17.7. The van der Waals surface area contributed by atoms with E-state index < -0.39 is 12.3 Å². The lowest BCUT2D eigenvalue weighted by molar-refractivity contribution is -0.207. The van der Waals surface area contributed by atoms with Gasteiger partial charge in [-0.05, 0) is 49.9 Å². The van der Waals surface area contributed by atoms with Gasteiger partial charge in [0.15, 0.2) is 6.10 Å². The third-order valence-electron chi connectivity index (χ3n) is 5.49. The number of aliphatic hydroxyl groups is 1. The van der Waals surface area contributed by atoms with Crippen molar-refractivity contribution in [1.29, 1.82) is 0 Å². The van der Waals surface area contributed by atoms with Crippen molar-refractivity contribution in [3.63, 3.8) is 0 Å². The number of hydrogen-bond acceptors (Lipinski definition) is 3. The van der Waals surface area contributed by atoms with E-state index >= 15 is 0 Å². The van der Waals surface area contributed by atoms with E-state index in [0.717, 1.165) is 38.9 Å². The molecule has 2 aliphatic rings. The molecule has 1 atom stereocenters. The molecular formula is C18H25F3N2O. The molecule has 2 aliphatic heterocycles. The first-order valence-corrected chi connectivity index (χ1v) is 8.60. The van der Waals surface area contributed by atoms with Crippen LogP contribution >= 0.6 is 0 Å². The molecule has 1 N–H and O–H groups in total. The summed E-state index contributed by atoms with van der Waals surface area (Å²) in [5.41, 5.74) is 1.44. The zero-order chi connectivity index (χ0) is 17.2. The molecule has 2 heterocycles. The fourth-order valence-corrected chi connectivity index (χ4v) is 3.97. The van der Waals surface area contributed by atoms with Gasteiger partial charge in [0.2, 0.25) is 0 Å². The molecule has 134 valence electrons. The zero-order valence-electron chi connectivity index (χ0n) is 13.8. The molecule has 6 heteroatoms. The normalized spacial score (nSPS) is 23.7. The second kappa shape index (κ2) is 7.02. The fraction of sp³-hybridized carbons (Fsp3) is 0.667. The van der Waals surface area contributed by atoms with Crippen LogP contribution in [0.5, 0.6) is 0 Å². The van der Waals surface area contributed by atoms with E-state index in [1.165, 1.54) is 5.56 Å². The summed E-state index contributed by atoms with van der Waals surface area (Å²) in [7, 11) is 0. The van der Waals surface area contributed by atoms with Gasteiger partial charge in [0, 0.05) is 19.6 Å². The molecule has 0 saturated carbocycles. The lowest BCUT2D eigenvalue weighted by Gasteiger charge is -2.39. The molecule has 0 amide bonds. The number of alkyl halides is 3.